The Hall–Kier alpha value is -1.98. The third-order valence-electron chi connectivity index (χ3n) is 2.54. The summed E-state index contributed by atoms with van der Waals surface area (Å²) in [5.74, 6) is 6.73. The van der Waals surface area contributed by atoms with Crippen LogP contribution in [-0.4, -0.2) is 11.6 Å². The summed E-state index contributed by atoms with van der Waals surface area (Å²) in [6, 6.07) is 11.3. The lowest BCUT2D eigenvalue weighted by Crippen LogP contribution is -1.96. The largest absolute Gasteiger partial charge is 0.481 e. The third kappa shape index (κ3) is 4.01. The van der Waals surface area contributed by atoms with Crippen LogP contribution in [0.3, 0.4) is 0 Å². The first kappa shape index (κ1) is 13.5. The van der Waals surface area contributed by atoms with Gasteiger partial charge in [0.15, 0.2) is 0 Å². The molecule has 0 saturated carbocycles. The maximum atomic E-state index is 5.88. The van der Waals surface area contributed by atoms with Gasteiger partial charge in [-0.2, -0.15) is 0 Å². The van der Waals surface area contributed by atoms with Crippen LogP contribution in [0.1, 0.15) is 17.0 Å². The molecule has 0 radical (unpaired) electrons. The Balaban J connectivity index is 1.97. The molecule has 0 saturated heterocycles. The molecule has 2 nitrogen and oxygen atoms in total. The summed E-state index contributed by atoms with van der Waals surface area (Å²) >= 11 is 5.88. The van der Waals surface area contributed by atoms with E-state index < -0.39 is 0 Å². The Morgan fingerprint density at radius 1 is 1.21 bits per heavy atom. The van der Waals surface area contributed by atoms with E-state index in [4.69, 9.17) is 16.3 Å². The van der Waals surface area contributed by atoms with Crippen LogP contribution in [0, 0.1) is 25.7 Å². The highest BCUT2D eigenvalue weighted by Crippen LogP contribution is 2.21. The molecule has 0 amide bonds. The maximum Gasteiger partial charge on any atom is 0.149 e. The first-order valence-corrected chi connectivity index (χ1v) is 6.34. The van der Waals surface area contributed by atoms with E-state index in [-0.39, 0.29) is 0 Å². The van der Waals surface area contributed by atoms with Gasteiger partial charge in [0.2, 0.25) is 0 Å². The second kappa shape index (κ2) is 6.26. The minimum absolute atomic E-state index is 0.331. The molecule has 0 spiro atoms. The fourth-order valence-corrected chi connectivity index (χ4v) is 1.85. The standard InChI is InChI=1S/C16H14ClNO/c1-12-11-14(17)8-9-16(12)19-10-4-7-15-6-3-5-13(2)18-15/h3,5-6,8-9,11H,10H2,1-2H3. The van der Waals surface area contributed by atoms with E-state index in [0.717, 1.165) is 22.7 Å². The molecule has 1 aromatic heterocycles. The van der Waals surface area contributed by atoms with E-state index in [1.807, 2.05) is 44.2 Å². The monoisotopic (exact) mass is 271 g/mol. The molecule has 2 rings (SSSR count). The van der Waals surface area contributed by atoms with E-state index in [1.165, 1.54) is 0 Å². The lowest BCUT2D eigenvalue weighted by molar-refractivity contribution is 0.367. The summed E-state index contributed by atoms with van der Waals surface area (Å²) in [5.41, 5.74) is 2.72. The summed E-state index contributed by atoms with van der Waals surface area (Å²) in [5, 5.41) is 0.708. The molecule has 0 fully saturated rings. The average molecular weight is 272 g/mol. The third-order valence-corrected chi connectivity index (χ3v) is 2.78. The van der Waals surface area contributed by atoms with Gasteiger partial charge in [0.05, 0.1) is 0 Å². The normalized spacial score (nSPS) is 9.63. The predicted molar refractivity (Wildman–Crippen MR) is 77.5 cm³/mol. The second-order valence-electron chi connectivity index (χ2n) is 4.16. The van der Waals surface area contributed by atoms with Crippen molar-refractivity contribution in [3.05, 3.63) is 58.4 Å². The fourth-order valence-electron chi connectivity index (χ4n) is 1.63. The van der Waals surface area contributed by atoms with Gasteiger partial charge in [-0.3, -0.25) is 0 Å². The number of rotatable bonds is 2. The van der Waals surface area contributed by atoms with E-state index in [9.17, 15) is 0 Å². The van der Waals surface area contributed by atoms with Gasteiger partial charge in [-0.25, -0.2) is 4.98 Å². The molecular weight excluding hydrogens is 258 g/mol. The van der Waals surface area contributed by atoms with Crippen LogP contribution in [0.15, 0.2) is 36.4 Å². The molecule has 0 aliphatic carbocycles. The van der Waals surface area contributed by atoms with Crippen molar-refractivity contribution in [1.29, 1.82) is 0 Å². The van der Waals surface area contributed by atoms with Gasteiger partial charge < -0.3 is 4.74 Å². The van der Waals surface area contributed by atoms with Crippen molar-refractivity contribution < 1.29 is 4.74 Å². The molecule has 0 N–H and O–H groups in total. The van der Waals surface area contributed by atoms with Crippen molar-refractivity contribution in [3.8, 4) is 17.6 Å². The smallest absolute Gasteiger partial charge is 0.149 e. The number of aromatic nitrogens is 1. The van der Waals surface area contributed by atoms with Crippen LogP contribution in [-0.2, 0) is 0 Å². The highest BCUT2D eigenvalue weighted by atomic mass is 35.5. The number of benzene rings is 1. The zero-order chi connectivity index (χ0) is 13.7. The number of hydrogen-bond acceptors (Lipinski definition) is 2. The van der Waals surface area contributed by atoms with Crippen LogP contribution >= 0.6 is 11.6 Å². The zero-order valence-electron chi connectivity index (χ0n) is 10.9. The SMILES string of the molecule is Cc1cccc(C#CCOc2ccc(Cl)cc2C)n1. The molecule has 0 unspecified atom stereocenters. The minimum atomic E-state index is 0.331. The predicted octanol–water partition coefficient (Wildman–Crippen LogP) is 3.78. The van der Waals surface area contributed by atoms with Crippen molar-refractivity contribution >= 4 is 11.6 Å². The average Bonchev–Trinajstić information content (AvgIpc) is 2.37. The van der Waals surface area contributed by atoms with Crippen LogP contribution in [0.4, 0.5) is 0 Å². The summed E-state index contributed by atoms with van der Waals surface area (Å²) in [6.07, 6.45) is 0. The van der Waals surface area contributed by atoms with Crippen LogP contribution in [0.2, 0.25) is 5.02 Å². The van der Waals surface area contributed by atoms with Crippen molar-refractivity contribution in [3.63, 3.8) is 0 Å². The van der Waals surface area contributed by atoms with E-state index in [2.05, 4.69) is 16.8 Å². The molecular formula is C16H14ClNO. The molecule has 0 aliphatic heterocycles. The first-order valence-electron chi connectivity index (χ1n) is 5.96. The zero-order valence-corrected chi connectivity index (χ0v) is 11.7. The van der Waals surface area contributed by atoms with Crippen molar-refractivity contribution in [2.75, 3.05) is 6.61 Å². The van der Waals surface area contributed by atoms with Gasteiger partial charge >= 0.3 is 0 Å². The maximum absolute atomic E-state index is 5.88. The lowest BCUT2D eigenvalue weighted by Gasteiger charge is -2.05. The number of nitrogens with zero attached hydrogens (tertiary/aromatic N) is 1. The molecule has 3 heteroatoms. The quantitative estimate of drug-likeness (QED) is 0.776. The van der Waals surface area contributed by atoms with Crippen LogP contribution in [0.25, 0.3) is 0 Å². The van der Waals surface area contributed by atoms with Gasteiger partial charge in [-0.15, -0.1) is 0 Å². The fraction of sp³-hybridized carbons (Fsp3) is 0.188. The highest BCUT2D eigenvalue weighted by molar-refractivity contribution is 6.30. The van der Waals surface area contributed by atoms with Crippen molar-refractivity contribution in [2.24, 2.45) is 0 Å². The molecule has 0 bridgehead atoms. The van der Waals surface area contributed by atoms with Crippen molar-refractivity contribution in [1.82, 2.24) is 4.98 Å². The van der Waals surface area contributed by atoms with E-state index in [0.29, 0.717) is 11.6 Å². The highest BCUT2D eigenvalue weighted by Gasteiger charge is 1.98. The molecule has 1 aromatic carbocycles. The Morgan fingerprint density at radius 3 is 2.79 bits per heavy atom. The van der Waals surface area contributed by atoms with Gasteiger partial charge in [0.25, 0.3) is 0 Å². The number of aryl methyl sites for hydroxylation is 2. The van der Waals surface area contributed by atoms with Gasteiger partial charge in [0, 0.05) is 10.7 Å². The second-order valence-corrected chi connectivity index (χ2v) is 4.60. The number of ether oxygens (including phenoxy) is 1. The van der Waals surface area contributed by atoms with Crippen molar-refractivity contribution in [2.45, 2.75) is 13.8 Å². The van der Waals surface area contributed by atoms with E-state index in [1.54, 1.807) is 6.07 Å². The van der Waals surface area contributed by atoms with E-state index >= 15 is 0 Å². The summed E-state index contributed by atoms with van der Waals surface area (Å²) in [7, 11) is 0. The Labute approximate surface area is 118 Å². The van der Waals surface area contributed by atoms with Crippen LogP contribution in [0.5, 0.6) is 5.75 Å². The van der Waals surface area contributed by atoms with Gasteiger partial charge in [-0.05, 0) is 55.7 Å². The Bertz CT molecular complexity index is 641. The van der Waals surface area contributed by atoms with Crippen LogP contribution < -0.4 is 4.74 Å². The minimum Gasteiger partial charge on any atom is -0.481 e. The Kier molecular flexibility index (Phi) is 4.43. The number of halogens is 1. The Morgan fingerprint density at radius 2 is 2.05 bits per heavy atom. The lowest BCUT2D eigenvalue weighted by atomic mass is 10.2. The topological polar surface area (TPSA) is 22.1 Å². The number of pyridine rings is 1. The number of hydrogen-bond donors (Lipinski definition) is 0. The molecule has 1 heterocycles. The summed E-state index contributed by atoms with van der Waals surface area (Å²) in [4.78, 5) is 4.30. The first-order chi connectivity index (χ1) is 9.15. The van der Waals surface area contributed by atoms with Gasteiger partial charge in [-0.1, -0.05) is 23.6 Å². The molecule has 96 valence electrons. The molecule has 19 heavy (non-hydrogen) atoms. The summed E-state index contributed by atoms with van der Waals surface area (Å²) in [6.45, 7) is 4.23. The molecule has 0 atom stereocenters. The molecule has 0 aliphatic rings. The van der Waals surface area contributed by atoms with Gasteiger partial charge in [0.1, 0.15) is 18.1 Å². The molecule has 2 aromatic rings. The summed E-state index contributed by atoms with van der Waals surface area (Å²) < 4.78 is 5.58.